The Morgan fingerprint density at radius 1 is 0.939 bits per heavy atom. The van der Waals surface area contributed by atoms with Crippen LogP contribution < -0.4 is 15.5 Å². The Morgan fingerprint density at radius 3 is 2.33 bits per heavy atom. The van der Waals surface area contributed by atoms with Crippen molar-refractivity contribution in [1.29, 1.82) is 0 Å². The third-order valence-corrected chi connectivity index (χ3v) is 6.44. The molecule has 33 heavy (non-hydrogen) atoms. The maximum atomic E-state index is 13.0. The Bertz CT molecular complexity index is 1090. The molecule has 0 radical (unpaired) electrons. The van der Waals surface area contributed by atoms with Gasteiger partial charge in [-0.25, -0.2) is 0 Å². The number of benzene rings is 2. The highest BCUT2D eigenvalue weighted by Gasteiger charge is 2.16. The summed E-state index contributed by atoms with van der Waals surface area (Å²) < 4.78 is 0. The highest BCUT2D eigenvalue weighted by atomic mass is 32.1. The van der Waals surface area contributed by atoms with E-state index in [1.807, 2.05) is 35.7 Å². The largest absolute Gasteiger partial charge is 0.369 e. The molecule has 2 N–H and O–H groups in total. The minimum absolute atomic E-state index is 0.223. The average molecular weight is 461 g/mol. The summed E-state index contributed by atoms with van der Waals surface area (Å²) in [5.74, 6) is -0.638. The molecule has 1 fully saturated rings. The molecule has 1 aromatic heterocycles. The predicted octanol–water partition coefficient (Wildman–Crippen LogP) is 3.59. The minimum atomic E-state index is -0.323. The SMILES string of the molecule is CN1CCN(c2ccc(CNC(=O)/C(=C/c3cccs3)NC(=O)c3ccccc3)cc2)CC1. The quantitative estimate of drug-likeness (QED) is 0.529. The van der Waals surface area contributed by atoms with E-state index in [4.69, 9.17) is 0 Å². The van der Waals surface area contributed by atoms with Crippen molar-refractivity contribution in [3.8, 4) is 0 Å². The smallest absolute Gasteiger partial charge is 0.268 e. The number of carbonyl (C=O) groups is 2. The number of hydrogen-bond acceptors (Lipinski definition) is 5. The lowest BCUT2D eigenvalue weighted by Crippen LogP contribution is -2.44. The highest BCUT2D eigenvalue weighted by molar-refractivity contribution is 7.10. The predicted molar refractivity (Wildman–Crippen MR) is 134 cm³/mol. The molecule has 170 valence electrons. The first-order chi connectivity index (χ1) is 16.1. The van der Waals surface area contributed by atoms with Crippen LogP contribution in [0.1, 0.15) is 20.8 Å². The molecule has 2 heterocycles. The molecule has 2 aromatic carbocycles. The number of piperazine rings is 1. The molecular formula is C26H28N4O2S. The summed E-state index contributed by atoms with van der Waals surface area (Å²) in [7, 11) is 2.15. The molecule has 0 aliphatic carbocycles. The van der Waals surface area contributed by atoms with Gasteiger partial charge in [0.25, 0.3) is 11.8 Å². The van der Waals surface area contributed by atoms with Gasteiger partial charge in [0.2, 0.25) is 0 Å². The third-order valence-electron chi connectivity index (χ3n) is 5.62. The summed E-state index contributed by atoms with van der Waals surface area (Å²) in [6.45, 7) is 4.54. The molecule has 1 aliphatic rings. The fourth-order valence-corrected chi connectivity index (χ4v) is 4.28. The van der Waals surface area contributed by atoms with Gasteiger partial charge in [-0.1, -0.05) is 36.4 Å². The van der Waals surface area contributed by atoms with Crippen molar-refractivity contribution in [2.45, 2.75) is 6.54 Å². The topological polar surface area (TPSA) is 64.7 Å². The number of nitrogens with zero attached hydrogens (tertiary/aromatic N) is 2. The monoisotopic (exact) mass is 460 g/mol. The van der Waals surface area contributed by atoms with E-state index in [0.717, 1.165) is 36.6 Å². The molecule has 0 atom stereocenters. The van der Waals surface area contributed by atoms with E-state index in [1.165, 1.54) is 17.0 Å². The Balaban J connectivity index is 1.40. The van der Waals surface area contributed by atoms with Crippen LogP contribution in [-0.4, -0.2) is 49.9 Å². The maximum absolute atomic E-state index is 13.0. The molecule has 1 aliphatic heterocycles. The Hall–Kier alpha value is -3.42. The summed E-state index contributed by atoms with van der Waals surface area (Å²) in [6.07, 6.45) is 1.71. The fourth-order valence-electron chi connectivity index (χ4n) is 3.62. The van der Waals surface area contributed by atoms with Crippen LogP contribution >= 0.6 is 11.3 Å². The fraction of sp³-hybridized carbons (Fsp3) is 0.231. The molecule has 7 heteroatoms. The zero-order valence-electron chi connectivity index (χ0n) is 18.7. The van der Waals surface area contributed by atoms with E-state index in [1.54, 1.807) is 30.3 Å². The van der Waals surface area contributed by atoms with Crippen LogP contribution in [0.3, 0.4) is 0 Å². The van der Waals surface area contributed by atoms with Gasteiger partial charge in [-0.05, 0) is 54.4 Å². The molecule has 3 aromatic rings. The molecule has 4 rings (SSSR count). The van der Waals surface area contributed by atoms with Crippen LogP contribution in [0, 0.1) is 0 Å². The van der Waals surface area contributed by atoms with Crippen molar-refractivity contribution >= 4 is 34.9 Å². The van der Waals surface area contributed by atoms with Gasteiger partial charge in [-0.15, -0.1) is 11.3 Å². The third kappa shape index (κ3) is 6.31. The van der Waals surface area contributed by atoms with Crippen molar-refractivity contribution in [3.63, 3.8) is 0 Å². The molecule has 6 nitrogen and oxygen atoms in total. The first-order valence-corrected chi connectivity index (χ1v) is 11.9. The van der Waals surface area contributed by atoms with Crippen LogP contribution in [0.5, 0.6) is 0 Å². The van der Waals surface area contributed by atoms with Crippen LogP contribution in [0.25, 0.3) is 6.08 Å². The lowest BCUT2D eigenvalue weighted by molar-refractivity contribution is -0.117. The number of carbonyl (C=O) groups excluding carboxylic acids is 2. The van der Waals surface area contributed by atoms with Gasteiger partial charge in [-0.2, -0.15) is 0 Å². The molecule has 0 saturated carbocycles. The first-order valence-electron chi connectivity index (χ1n) is 11.0. The maximum Gasteiger partial charge on any atom is 0.268 e. The van der Waals surface area contributed by atoms with Crippen molar-refractivity contribution < 1.29 is 9.59 Å². The standard InChI is InChI=1S/C26H28N4O2S/c1-29-13-15-30(16-14-29)22-11-9-20(10-12-22)19-27-26(32)24(18-23-8-5-17-33-23)28-25(31)21-6-3-2-4-7-21/h2-12,17-18H,13-16,19H2,1H3,(H,27,32)(H,28,31)/b24-18-. The van der Waals surface area contributed by atoms with Crippen LogP contribution in [0.2, 0.25) is 0 Å². The molecule has 0 spiro atoms. The van der Waals surface area contributed by atoms with Crippen molar-refractivity contribution in [3.05, 3.63) is 93.8 Å². The first kappa shape index (κ1) is 22.8. The molecular weight excluding hydrogens is 432 g/mol. The summed E-state index contributed by atoms with van der Waals surface area (Å²) >= 11 is 1.51. The Morgan fingerprint density at radius 2 is 1.67 bits per heavy atom. The van der Waals surface area contributed by atoms with Gasteiger partial charge in [0.05, 0.1) is 0 Å². The van der Waals surface area contributed by atoms with Gasteiger partial charge in [0.1, 0.15) is 5.70 Å². The van der Waals surface area contributed by atoms with E-state index < -0.39 is 0 Å². The number of nitrogens with one attached hydrogen (secondary N) is 2. The molecule has 2 amide bonds. The molecule has 0 bridgehead atoms. The van der Waals surface area contributed by atoms with E-state index in [9.17, 15) is 9.59 Å². The zero-order chi connectivity index (χ0) is 23.0. The van der Waals surface area contributed by atoms with E-state index in [0.29, 0.717) is 12.1 Å². The second-order valence-corrected chi connectivity index (χ2v) is 9.01. The Kier molecular flexibility index (Phi) is 7.55. The van der Waals surface area contributed by atoms with Crippen LogP contribution in [-0.2, 0) is 11.3 Å². The van der Waals surface area contributed by atoms with E-state index in [2.05, 4.69) is 39.6 Å². The molecule has 0 unspecified atom stereocenters. The lowest BCUT2D eigenvalue weighted by atomic mass is 10.1. The summed E-state index contributed by atoms with van der Waals surface area (Å²) in [5, 5.41) is 7.64. The lowest BCUT2D eigenvalue weighted by Gasteiger charge is -2.34. The number of anilines is 1. The summed E-state index contributed by atoms with van der Waals surface area (Å²) in [4.78, 5) is 31.2. The van der Waals surface area contributed by atoms with Crippen LogP contribution in [0.15, 0.2) is 77.8 Å². The van der Waals surface area contributed by atoms with Gasteiger partial charge < -0.3 is 20.4 Å². The second-order valence-electron chi connectivity index (χ2n) is 8.03. The zero-order valence-corrected chi connectivity index (χ0v) is 19.5. The number of rotatable bonds is 7. The van der Waals surface area contributed by atoms with Crippen LogP contribution in [0.4, 0.5) is 5.69 Å². The number of likely N-dealkylation sites (N-methyl/N-ethyl adjacent to an activating group) is 1. The van der Waals surface area contributed by atoms with E-state index in [-0.39, 0.29) is 17.5 Å². The van der Waals surface area contributed by atoms with Gasteiger partial charge in [-0.3, -0.25) is 9.59 Å². The summed E-state index contributed by atoms with van der Waals surface area (Å²) in [6, 6.07) is 21.0. The van der Waals surface area contributed by atoms with E-state index >= 15 is 0 Å². The van der Waals surface area contributed by atoms with Crippen molar-refractivity contribution in [2.24, 2.45) is 0 Å². The number of thiophene rings is 1. The van der Waals surface area contributed by atoms with Crippen molar-refractivity contribution in [1.82, 2.24) is 15.5 Å². The Labute approximate surface area is 198 Å². The van der Waals surface area contributed by atoms with Gasteiger partial charge in [0.15, 0.2) is 0 Å². The normalized spacial score (nSPS) is 14.7. The highest BCUT2D eigenvalue weighted by Crippen LogP contribution is 2.17. The average Bonchev–Trinajstić information content (AvgIpc) is 3.37. The van der Waals surface area contributed by atoms with Gasteiger partial charge >= 0.3 is 0 Å². The second kappa shape index (κ2) is 10.9. The minimum Gasteiger partial charge on any atom is -0.369 e. The molecule has 1 saturated heterocycles. The number of amides is 2. The van der Waals surface area contributed by atoms with Gasteiger partial charge in [0, 0.05) is 48.9 Å². The summed E-state index contributed by atoms with van der Waals surface area (Å²) in [5.41, 5.74) is 2.93. The number of hydrogen-bond donors (Lipinski definition) is 2. The van der Waals surface area contributed by atoms with Crippen molar-refractivity contribution in [2.75, 3.05) is 38.1 Å².